The van der Waals surface area contributed by atoms with Crippen molar-refractivity contribution in [3.8, 4) is 0 Å². The monoisotopic (exact) mass is 376 g/mol. The van der Waals surface area contributed by atoms with Crippen LogP contribution in [-0.2, 0) is 19.1 Å². The van der Waals surface area contributed by atoms with E-state index in [1.54, 1.807) is 31.0 Å². The molecule has 146 valence electrons. The van der Waals surface area contributed by atoms with Gasteiger partial charge in [0.15, 0.2) is 0 Å². The van der Waals surface area contributed by atoms with Gasteiger partial charge in [-0.1, -0.05) is 12.1 Å². The highest BCUT2D eigenvalue weighted by Crippen LogP contribution is 2.19. The maximum atomic E-state index is 13.1. The molecular formula is C20H25FN2O4. The molecular weight excluding hydrogens is 351 g/mol. The zero-order chi connectivity index (χ0) is 19.8. The molecule has 1 aliphatic heterocycles. The van der Waals surface area contributed by atoms with Crippen molar-refractivity contribution in [3.63, 3.8) is 0 Å². The summed E-state index contributed by atoms with van der Waals surface area (Å²) in [6, 6.07) is 5.90. The number of hydrogen-bond acceptors (Lipinski definition) is 4. The molecule has 1 aromatic carbocycles. The predicted molar refractivity (Wildman–Crippen MR) is 99.0 cm³/mol. The summed E-state index contributed by atoms with van der Waals surface area (Å²) in [5, 5.41) is 0. The molecule has 0 aliphatic carbocycles. The van der Waals surface area contributed by atoms with Gasteiger partial charge in [0.25, 0.3) is 0 Å². The van der Waals surface area contributed by atoms with Crippen molar-refractivity contribution in [2.45, 2.75) is 19.8 Å². The summed E-state index contributed by atoms with van der Waals surface area (Å²) >= 11 is 0. The molecule has 6 nitrogen and oxygen atoms in total. The number of likely N-dealkylation sites (tertiary alicyclic amines) is 1. The van der Waals surface area contributed by atoms with Gasteiger partial charge in [0.2, 0.25) is 11.8 Å². The maximum Gasteiger partial charge on any atom is 0.309 e. The van der Waals surface area contributed by atoms with E-state index in [-0.39, 0.29) is 36.1 Å². The number of rotatable bonds is 6. The summed E-state index contributed by atoms with van der Waals surface area (Å²) < 4.78 is 18.2. The molecule has 0 spiro atoms. The molecule has 1 aliphatic rings. The number of nitrogens with zero attached hydrogens (tertiary/aromatic N) is 2. The number of benzene rings is 1. The molecule has 0 aromatic heterocycles. The Balaban J connectivity index is 1.81. The summed E-state index contributed by atoms with van der Waals surface area (Å²) in [7, 11) is 1.54. The molecule has 1 fully saturated rings. The van der Waals surface area contributed by atoms with Gasteiger partial charge in [-0.25, -0.2) is 4.39 Å². The Hall–Kier alpha value is -2.70. The Morgan fingerprint density at radius 3 is 2.63 bits per heavy atom. The van der Waals surface area contributed by atoms with Crippen LogP contribution in [0.2, 0.25) is 0 Å². The van der Waals surface area contributed by atoms with Gasteiger partial charge in [0.1, 0.15) is 5.82 Å². The van der Waals surface area contributed by atoms with E-state index in [0.29, 0.717) is 38.1 Å². The van der Waals surface area contributed by atoms with E-state index < -0.39 is 0 Å². The number of halogens is 1. The topological polar surface area (TPSA) is 66.9 Å². The van der Waals surface area contributed by atoms with Crippen LogP contribution in [0.3, 0.4) is 0 Å². The van der Waals surface area contributed by atoms with Crippen molar-refractivity contribution in [1.29, 1.82) is 0 Å². The quantitative estimate of drug-likeness (QED) is 0.563. The summed E-state index contributed by atoms with van der Waals surface area (Å²) in [5.74, 6) is -1.25. The third-order valence-corrected chi connectivity index (χ3v) is 4.48. The highest BCUT2D eigenvalue weighted by molar-refractivity contribution is 5.94. The number of carbonyl (C=O) groups excluding carboxylic acids is 3. The Morgan fingerprint density at radius 2 is 2.00 bits per heavy atom. The Bertz CT molecular complexity index is 712. The molecule has 0 saturated carbocycles. The maximum absolute atomic E-state index is 13.1. The van der Waals surface area contributed by atoms with E-state index in [1.165, 1.54) is 29.2 Å². The lowest BCUT2D eigenvalue weighted by Crippen LogP contribution is -2.45. The number of hydrogen-bond donors (Lipinski definition) is 0. The highest BCUT2D eigenvalue weighted by Gasteiger charge is 2.28. The van der Waals surface area contributed by atoms with E-state index >= 15 is 0 Å². The number of piperidine rings is 1. The van der Waals surface area contributed by atoms with Crippen LogP contribution < -0.4 is 0 Å². The van der Waals surface area contributed by atoms with Gasteiger partial charge in [-0.3, -0.25) is 14.4 Å². The van der Waals surface area contributed by atoms with Crippen LogP contribution in [0.4, 0.5) is 4.39 Å². The van der Waals surface area contributed by atoms with Crippen molar-refractivity contribution >= 4 is 23.9 Å². The summed E-state index contributed by atoms with van der Waals surface area (Å²) in [5.41, 5.74) is 0.573. The van der Waals surface area contributed by atoms with Crippen LogP contribution in [0.5, 0.6) is 0 Å². The molecule has 1 saturated heterocycles. The standard InChI is InChI=1S/C20H25FN2O4/c1-3-27-20(26)16-9-11-23(12-10-16)19(25)14-22(2)18(24)8-7-15-5-4-6-17(21)13-15/h4-8,13,16H,3,9-12,14H2,1-2H3. The van der Waals surface area contributed by atoms with Crippen molar-refractivity contribution in [2.24, 2.45) is 5.92 Å². The van der Waals surface area contributed by atoms with Crippen LogP contribution in [0.25, 0.3) is 6.08 Å². The fraction of sp³-hybridized carbons (Fsp3) is 0.450. The van der Waals surface area contributed by atoms with Crippen LogP contribution in [0.15, 0.2) is 30.3 Å². The lowest BCUT2D eigenvalue weighted by molar-refractivity contribution is -0.151. The fourth-order valence-electron chi connectivity index (χ4n) is 2.91. The van der Waals surface area contributed by atoms with Crippen LogP contribution >= 0.6 is 0 Å². The predicted octanol–water partition coefficient (Wildman–Crippen LogP) is 2.10. The fourth-order valence-corrected chi connectivity index (χ4v) is 2.91. The van der Waals surface area contributed by atoms with E-state index in [9.17, 15) is 18.8 Å². The van der Waals surface area contributed by atoms with Crippen LogP contribution in [0, 0.1) is 11.7 Å². The lowest BCUT2D eigenvalue weighted by Gasteiger charge is -2.32. The molecule has 27 heavy (non-hydrogen) atoms. The second-order valence-electron chi connectivity index (χ2n) is 6.49. The third-order valence-electron chi connectivity index (χ3n) is 4.48. The van der Waals surface area contributed by atoms with Gasteiger partial charge in [0.05, 0.1) is 19.1 Å². The number of amides is 2. The second-order valence-corrected chi connectivity index (χ2v) is 6.49. The van der Waals surface area contributed by atoms with E-state index in [1.807, 2.05) is 0 Å². The first-order chi connectivity index (χ1) is 12.9. The van der Waals surface area contributed by atoms with Crippen molar-refractivity contribution in [3.05, 3.63) is 41.7 Å². The average molecular weight is 376 g/mol. The van der Waals surface area contributed by atoms with Gasteiger partial charge >= 0.3 is 5.97 Å². The zero-order valence-electron chi connectivity index (χ0n) is 15.7. The Labute approximate surface area is 158 Å². The van der Waals surface area contributed by atoms with Gasteiger partial charge < -0.3 is 14.5 Å². The van der Waals surface area contributed by atoms with E-state index in [0.717, 1.165) is 0 Å². The molecule has 2 amide bonds. The molecule has 7 heteroatoms. The smallest absolute Gasteiger partial charge is 0.309 e. The van der Waals surface area contributed by atoms with Crippen LogP contribution in [-0.4, -0.2) is 60.9 Å². The van der Waals surface area contributed by atoms with Gasteiger partial charge in [-0.2, -0.15) is 0 Å². The molecule has 2 rings (SSSR count). The summed E-state index contributed by atoms with van der Waals surface area (Å²) in [6.07, 6.45) is 3.97. The normalized spacial score (nSPS) is 15.0. The highest BCUT2D eigenvalue weighted by atomic mass is 19.1. The number of esters is 1. The molecule has 0 atom stereocenters. The van der Waals surface area contributed by atoms with Crippen molar-refractivity contribution < 1.29 is 23.5 Å². The number of carbonyl (C=O) groups is 3. The summed E-state index contributed by atoms with van der Waals surface area (Å²) in [4.78, 5) is 39.2. The van der Waals surface area contributed by atoms with Gasteiger partial charge in [-0.15, -0.1) is 0 Å². The Kier molecular flexibility index (Phi) is 7.52. The largest absolute Gasteiger partial charge is 0.466 e. The average Bonchev–Trinajstić information content (AvgIpc) is 2.66. The second kappa shape index (κ2) is 9.85. The third kappa shape index (κ3) is 6.20. The minimum atomic E-state index is -0.376. The molecule has 1 aromatic rings. The Morgan fingerprint density at radius 1 is 1.30 bits per heavy atom. The molecule has 0 unspecified atom stereocenters. The molecule has 0 radical (unpaired) electrons. The first-order valence-corrected chi connectivity index (χ1v) is 9.04. The first-order valence-electron chi connectivity index (χ1n) is 9.04. The van der Waals surface area contributed by atoms with E-state index in [2.05, 4.69) is 0 Å². The zero-order valence-corrected chi connectivity index (χ0v) is 15.7. The van der Waals surface area contributed by atoms with Gasteiger partial charge in [0, 0.05) is 26.2 Å². The molecule has 1 heterocycles. The number of likely N-dealkylation sites (N-methyl/N-ethyl adjacent to an activating group) is 1. The summed E-state index contributed by atoms with van der Waals surface area (Å²) in [6.45, 7) is 3.03. The first kappa shape index (κ1) is 20.6. The number of ether oxygens (including phenoxy) is 1. The van der Waals surface area contributed by atoms with Crippen molar-refractivity contribution in [2.75, 3.05) is 33.3 Å². The minimum absolute atomic E-state index is 0.0452. The van der Waals surface area contributed by atoms with Crippen LogP contribution in [0.1, 0.15) is 25.3 Å². The SMILES string of the molecule is CCOC(=O)C1CCN(C(=O)CN(C)C(=O)C=Cc2cccc(F)c2)CC1. The minimum Gasteiger partial charge on any atom is -0.466 e. The lowest BCUT2D eigenvalue weighted by atomic mass is 9.97. The van der Waals surface area contributed by atoms with E-state index in [4.69, 9.17) is 4.74 Å². The molecule has 0 N–H and O–H groups in total. The molecule has 0 bridgehead atoms. The van der Waals surface area contributed by atoms with Gasteiger partial charge in [-0.05, 0) is 43.5 Å². The van der Waals surface area contributed by atoms with Crippen molar-refractivity contribution in [1.82, 2.24) is 9.80 Å².